The molecular weight excluding hydrogens is 286 g/mol. The van der Waals surface area contributed by atoms with Gasteiger partial charge in [0.2, 0.25) is 0 Å². The van der Waals surface area contributed by atoms with Crippen LogP contribution in [0.5, 0.6) is 0 Å². The Morgan fingerprint density at radius 2 is 2.05 bits per heavy atom. The number of hydrogen-bond acceptors (Lipinski definition) is 3. The van der Waals surface area contributed by atoms with Crippen LogP contribution >= 0.6 is 11.6 Å². The highest BCUT2D eigenvalue weighted by molar-refractivity contribution is 6.31. The number of hydrogen-bond donors (Lipinski definition) is 2. The molecular formula is C16H26ClN3O. The van der Waals surface area contributed by atoms with Crippen molar-refractivity contribution in [3.63, 3.8) is 0 Å². The Balaban J connectivity index is 2.55. The molecule has 5 heteroatoms. The molecule has 0 aliphatic carbocycles. The van der Waals surface area contributed by atoms with Crippen LogP contribution in [-0.4, -0.2) is 29.5 Å². The van der Waals surface area contributed by atoms with Crippen LogP contribution in [0, 0.1) is 5.41 Å². The fourth-order valence-corrected chi connectivity index (χ4v) is 2.57. The molecule has 0 fully saturated rings. The van der Waals surface area contributed by atoms with Crippen molar-refractivity contribution >= 4 is 17.4 Å². The molecule has 118 valence electrons. The maximum Gasteiger partial charge on any atom is 0.144 e. The van der Waals surface area contributed by atoms with E-state index in [4.69, 9.17) is 22.5 Å². The number of oxime groups is 1. The summed E-state index contributed by atoms with van der Waals surface area (Å²) in [6.07, 6.45) is 1.83. The second-order valence-corrected chi connectivity index (χ2v) is 6.56. The molecule has 4 nitrogen and oxygen atoms in total. The van der Waals surface area contributed by atoms with Crippen LogP contribution < -0.4 is 5.73 Å². The minimum absolute atomic E-state index is 0.255. The molecule has 0 aliphatic rings. The van der Waals surface area contributed by atoms with Crippen molar-refractivity contribution in [2.24, 2.45) is 16.3 Å². The minimum Gasteiger partial charge on any atom is -0.409 e. The lowest BCUT2D eigenvalue weighted by Crippen LogP contribution is -2.33. The lowest BCUT2D eigenvalue weighted by Gasteiger charge is -2.28. The number of nitrogens with two attached hydrogens (primary N) is 1. The van der Waals surface area contributed by atoms with E-state index in [1.165, 1.54) is 0 Å². The molecule has 1 aromatic carbocycles. The number of nitrogens with zero attached hydrogens (tertiary/aromatic N) is 2. The monoisotopic (exact) mass is 311 g/mol. The van der Waals surface area contributed by atoms with Crippen LogP contribution in [0.4, 0.5) is 0 Å². The SMILES string of the molecule is CC(c1ccccc1Cl)N(C)CCCC(C)(C)C(N)=NO. The summed E-state index contributed by atoms with van der Waals surface area (Å²) in [7, 11) is 2.09. The Morgan fingerprint density at radius 1 is 1.43 bits per heavy atom. The van der Waals surface area contributed by atoms with Crippen LogP contribution in [0.25, 0.3) is 0 Å². The van der Waals surface area contributed by atoms with E-state index in [0.717, 1.165) is 30.0 Å². The lowest BCUT2D eigenvalue weighted by molar-refractivity contribution is 0.244. The summed E-state index contributed by atoms with van der Waals surface area (Å²) in [5, 5.41) is 12.7. The molecule has 0 amide bonds. The molecule has 0 aromatic heterocycles. The van der Waals surface area contributed by atoms with Crippen LogP contribution in [0.3, 0.4) is 0 Å². The smallest absolute Gasteiger partial charge is 0.144 e. The number of benzene rings is 1. The van der Waals surface area contributed by atoms with Gasteiger partial charge in [-0.25, -0.2) is 0 Å². The zero-order valence-corrected chi connectivity index (χ0v) is 14.1. The Hall–Kier alpha value is -1.26. The van der Waals surface area contributed by atoms with Crippen molar-refractivity contribution in [1.29, 1.82) is 0 Å². The fraction of sp³-hybridized carbons (Fsp3) is 0.562. The van der Waals surface area contributed by atoms with Gasteiger partial charge in [0.05, 0.1) is 0 Å². The fourth-order valence-electron chi connectivity index (χ4n) is 2.28. The standard InChI is InChI=1S/C16H26ClN3O/c1-12(13-8-5-6-9-14(13)17)20(4)11-7-10-16(2,3)15(18)19-21/h5-6,8-9,12,21H,7,10-11H2,1-4H3,(H2,18,19). The summed E-state index contributed by atoms with van der Waals surface area (Å²) < 4.78 is 0. The van der Waals surface area contributed by atoms with Gasteiger partial charge in [0, 0.05) is 16.5 Å². The van der Waals surface area contributed by atoms with Crippen molar-refractivity contribution in [2.75, 3.05) is 13.6 Å². The van der Waals surface area contributed by atoms with Gasteiger partial charge in [-0.3, -0.25) is 4.90 Å². The number of halogens is 1. The third-order valence-corrected chi connectivity index (χ3v) is 4.47. The van der Waals surface area contributed by atoms with Gasteiger partial charge in [0.1, 0.15) is 5.84 Å². The van der Waals surface area contributed by atoms with Crippen LogP contribution in [-0.2, 0) is 0 Å². The average Bonchev–Trinajstić information content (AvgIpc) is 2.45. The molecule has 0 radical (unpaired) electrons. The lowest BCUT2D eigenvalue weighted by atomic mass is 9.86. The predicted molar refractivity (Wildman–Crippen MR) is 88.9 cm³/mol. The van der Waals surface area contributed by atoms with Gasteiger partial charge in [0.15, 0.2) is 0 Å². The second-order valence-electron chi connectivity index (χ2n) is 6.15. The first-order valence-electron chi connectivity index (χ1n) is 7.22. The molecule has 3 N–H and O–H groups in total. The first kappa shape index (κ1) is 17.8. The Morgan fingerprint density at radius 3 is 2.62 bits per heavy atom. The molecule has 1 atom stereocenters. The summed E-state index contributed by atoms with van der Waals surface area (Å²) in [6, 6.07) is 8.18. The molecule has 0 saturated heterocycles. The molecule has 0 heterocycles. The van der Waals surface area contributed by atoms with E-state index in [1.807, 2.05) is 32.0 Å². The molecule has 0 saturated carbocycles. The van der Waals surface area contributed by atoms with Gasteiger partial charge in [-0.05, 0) is 45.0 Å². The van der Waals surface area contributed by atoms with Gasteiger partial charge in [-0.1, -0.05) is 48.8 Å². The minimum atomic E-state index is -0.288. The van der Waals surface area contributed by atoms with Crippen molar-refractivity contribution in [3.8, 4) is 0 Å². The van der Waals surface area contributed by atoms with Crippen molar-refractivity contribution in [3.05, 3.63) is 34.9 Å². The van der Waals surface area contributed by atoms with E-state index in [9.17, 15) is 0 Å². The normalized spacial score (nSPS) is 14.5. The van der Waals surface area contributed by atoms with Gasteiger partial charge in [0.25, 0.3) is 0 Å². The molecule has 1 rings (SSSR count). The van der Waals surface area contributed by atoms with Gasteiger partial charge in [-0.15, -0.1) is 0 Å². The van der Waals surface area contributed by atoms with Crippen molar-refractivity contribution in [2.45, 2.75) is 39.7 Å². The highest BCUT2D eigenvalue weighted by Gasteiger charge is 2.23. The highest BCUT2D eigenvalue weighted by Crippen LogP contribution is 2.27. The maximum atomic E-state index is 8.78. The largest absolute Gasteiger partial charge is 0.409 e. The van der Waals surface area contributed by atoms with E-state index in [0.29, 0.717) is 0 Å². The van der Waals surface area contributed by atoms with Crippen LogP contribution in [0.1, 0.15) is 45.2 Å². The van der Waals surface area contributed by atoms with Crippen molar-refractivity contribution in [1.82, 2.24) is 4.90 Å². The average molecular weight is 312 g/mol. The van der Waals surface area contributed by atoms with E-state index >= 15 is 0 Å². The van der Waals surface area contributed by atoms with E-state index < -0.39 is 0 Å². The van der Waals surface area contributed by atoms with Gasteiger partial charge >= 0.3 is 0 Å². The number of amidine groups is 1. The van der Waals surface area contributed by atoms with E-state index in [1.54, 1.807) is 0 Å². The summed E-state index contributed by atoms with van der Waals surface area (Å²) >= 11 is 6.24. The van der Waals surface area contributed by atoms with Gasteiger partial charge < -0.3 is 10.9 Å². The van der Waals surface area contributed by atoms with E-state index in [-0.39, 0.29) is 17.3 Å². The molecule has 1 aromatic rings. The first-order valence-corrected chi connectivity index (χ1v) is 7.60. The third kappa shape index (κ3) is 4.90. The molecule has 0 bridgehead atoms. The summed E-state index contributed by atoms with van der Waals surface area (Å²) in [6.45, 7) is 7.05. The first-order chi connectivity index (χ1) is 9.79. The predicted octanol–water partition coefficient (Wildman–Crippen LogP) is 3.89. The summed E-state index contributed by atoms with van der Waals surface area (Å²) in [5.74, 6) is 0.282. The molecule has 0 spiro atoms. The Kier molecular flexibility index (Phi) is 6.49. The summed E-state index contributed by atoms with van der Waals surface area (Å²) in [5.41, 5.74) is 6.56. The zero-order chi connectivity index (χ0) is 16.0. The van der Waals surface area contributed by atoms with Gasteiger partial charge in [-0.2, -0.15) is 0 Å². The maximum absolute atomic E-state index is 8.78. The molecule has 1 unspecified atom stereocenters. The van der Waals surface area contributed by atoms with Crippen LogP contribution in [0.2, 0.25) is 5.02 Å². The quantitative estimate of drug-likeness (QED) is 0.347. The highest BCUT2D eigenvalue weighted by atomic mass is 35.5. The van der Waals surface area contributed by atoms with E-state index in [2.05, 4.69) is 30.1 Å². The Bertz CT molecular complexity index is 488. The third-order valence-electron chi connectivity index (χ3n) is 4.13. The van der Waals surface area contributed by atoms with Crippen molar-refractivity contribution < 1.29 is 5.21 Å². The topological polar surface area (TPSA) is 61.8 Å². The zero-order valence-electron chi connectivity index (χ0n) is 13.3. The number of rotatable bonds is 7. The molecule has 0 aliphatic heterocycles. The Labute approximate surface area is 132 Å². The second kappa shape index (κ2) is 7.66. The van der Waals surface area contributed by atoms with Crippen LogP contribution in [0.15, 0.2) is 29.4 Å². The molecule has 21 heavy (non-hydrogen) atoms. The summed E-state index contributed by atoms with van der Waals surface area (Å²) in [4.78, 5) is 2.27.